The number of aromatic nitrogens is 5. The number of benzene rings is 1. The van der Waals surface area contributed by atoms with Crippen molar-refractivity contribution in [3.8, 4) is 0 Å². The van der Waals surface area contributed by atoms with Crippen molar-refractivity contribution in [3.63, 3.8) is 0 Å². The molecule has 3 aromatic rings. The number of hydrogen-bond acceptors (Lipinski definition) is 13. The van der Waals surface area contributed by atoms with E-state index in [1.165, 1.54) is 6.33 Å². The number of rotatable bonds is 10. The Morgan fingerprint density at radius 1 is 1.12 bits per heavy atom. The lowest BCUT2D eigenvalue weighted by Crippen LogP contribution is -2.47. The van der Waals surface area contributed by atoms with Gasteiger partial charge in [-0.05, 0) is 12.5 Å². The minimum absolute atomic E-state index is 0.0509. The van der Waals surface area contributed by atoms with Crippen molar-refractivity contribution in [1.29, 1.82) is 0 Å². The van der Waals surface area contributed by atoms with Crippen LogP contribution in [0.4, 0.5) is 17.8 Å². The molecule has 5 rings (SSSR count). The van der Waals surface area contributed by atoms with Gasteiger partial charge in [0.2, 0.25) is 17.8 Å². The van der Waals surface area contributed by atoms with Crippen LogP contribution in [0.15, 0.2) is 66.1 Å². The zero-order chi connectivity index (χ0) is 27.7. The van der Waals surface area contributed by atoms with Gasteiger partial charge in [0.05, 0.1) is 19.3 Å². The van der Waals surface area contributed by atoms with Crippen LogP contribution in [-0.4, -0.2) is 100 Å². The molecule has 0 radical (unpaired) electrons. The Balaban J connectivity index is 1.14. The van der Waals surface area contributed by atoms with Crippen molar-refractivity contribution in [3.05, 3.63) is 72.1 Å². The molecular formula is C27H35N11O2. The third kappa shape index (κ3) is 7.05. The first-order valence-corrected chi connectivity index (χ1v) is 13.3. The molecule has 0 bridgehead atoms. The molecule has 2 aliphatic heterocycles. The maximum atomic E-state index is 10.6. The molecule has 2 aliphatic rings. The first-order valence-electron chi connectivity index (χ1n) is 13.3. The number of piperazine rings is 1. The summed E-state index contributed by atoms with van der Waals surface area (Å²) in [6.45, 7) is 11.4. The van der Waals surface area contributed by atoms with Crippen LogP contribution in [0.25, 0.3) is 0 Å². The Labute approximate surface area is 233 Å². The molecule has 2 saturated heterocycles. The van der Waals surface area contributed by atoms with Gasteiger partial charge in [0, 0.05) is 75.8 Å². The Morgan fingerprint density at radius 2 is 1.85 bits per heavy atom. The molecule has 13 nitrogen and oxygen atoms in total. The fraction of sp³-hybridized carbons (Fsp3) is 0.407. The van der Waals surface area contributed by atoms with Gasteiger partial charge in [-0.3, -0.25) is 5.01 Å². The summed E-state index contributed by atoms with van der Waals surface area (Å²) >= 11 is 0. The molecule has 2 unspecified atom stereocenters. The van der Waals surface area contributed by atoms with Gasteiger partial charge < -0.3 is 30.3 Å². The molecule has 4 heterocycles. The van der Waals surface area contributed by atoms with Crippen LogP contribution in [0, 0.1) is 0 Å². The molecule has 0 aliphatic carbocycles. The second-order valence-electron chi connectivity index (χ2n) is 9.61. The summed E-state index contributed by atoms with van der Waals surface area (Å²) in [7, 11) is 0. The van der Waals surface area contributed by atoms with Crippen LogP contribution in [-0.2, 0) is 4.74 Å². The van der Waals surface area contributed by atoms with Crippen LogP contribution in [0.1, 0.15) is 24.2 Å². The normalized spacial score (nSPS) is 18.8. The van der Waals surface area contributed by atoms with E-state index in [9.17, 15) is 5.11 Å². The van der Waals surface area contributed by atoms with Crippen LogP contribution >= 0.6 is 0 Å². The van der Waals surface area contributed by atoms with Gasteiger partial charge in [-0.25, -0.2) is 19.9 Å². The highest BCUT2D eigenvalue weighted by Crippen LogP contribution is 2.22. The number of anilines is 3. The van der Waals surface area contributed by atoms with Gasteiger partial charge in [0.25, 0.3) is 0 Å². The molecule has 0 spiro atoms. The van der Waals surface area contributed by atoms with E-state index in [4.69, 9.17) is 4.74 Å². The Morgan fingerprint density at radius 3 is 2.52 bits per heavy atom. The lowest BCUT2D eigenvalue weighted by molar-refractivity contribution is 0.0138. The second kappa shape index (κ2) is 13.2. The van der Waals surface area contributed by atoms with Gasteiger partial charge in [0.15, 0.2) is 0 Å². The van der Waals surface area contributed by atoms with E-state index < -0.39 is 6.10 Å². The van der Waals surface area contributed by atoms with Crippen molar-refractivity contribution in [2.24, 2.45) is 5.10 Å². The molecule has 2 fully saturated rings. The third-order valence-electron chi connectivity index (χ3n) is 6.72. The molecule has 0 amide bonds. The molecule has 2 atom stereocenters. The molecule has 2 aromatic heterocycles. The maximum Gasteiger partial charge on any atom is 0.231 e. The fourth-order valence-electron chi connectivity index (χ4n) is 4.60. The quantitative estimate of drug-likeness (QED) is 0.249. The number of hydrogen-bond donors (Lipinski definition) is 3. The number of nitrogens with zero attached hydrogens (tertiary/aromatic N) is 9. The van der Waals surface area contributed by atoms with E-state index in [2.05, 4.69) is 57.2 Å². The van der Waals surface area contributed by atoms with Crippen molar-refractivity contribution >= 4 is 24.6 Å². The lowest BCUT2D eigenvalue weighted by atomic mass is 10.0. The number of morpholine rings is 1. The SMILES string of the molecule is C=NN(/C=C(\C)Nc1ncnc(N2CCN(c3ncc(C(O)c4ccccc4)cn3)CC2)n1)CC1CNCCO1. The topological polar surface area (TPSA) is 140 Å². The zero-order valence-corrected chi connectivity index (χ0v) is 22.6. The zero-order valence-electron chi connectivity index (χ0n) is 22.6. The summed E-state index contributed by atoms with van der Waals surface area (Å²) in [6, 6.07) is 9.49. The highest BCUT2D eigenvalue weighted by atomic mass is 16.5. The van der Waals surface area contributed by atoms with Gasteiger partial charge in [-0.15, -0.1) is 0 Å². The van der Waals surface area contributed by atoms with Gasteiger partial charge in [-0.1, -0.05) is 30.3 Å². The van der Waals surface area contributed by atoms with E-state index in [1.54, 1.807) is 17.4 Å². The smallest absolute Gasteiger partial charge is 0.231 e. The summed E-state index contributed by atoms with van der Waals surface area (Å²) in [5, 5.41) is 23.0. The van der Waals surface area contributed by atoms with Gasteiger partial charge in [0.1, 0.15) is 12.4 Å². The summed E-state index contributed by atoms with van der Waals surface area (Å²) < 4.78 is 5.76. The molecular weight excluding hydrogens is 510 g/mol. The predicted molar refractivity (Wildman–Crippen MR) is 153 cm³/mol. The molecule has 0 saturated carbocycles. The van der Waals surface area contributed by atoms with E-state index in [1.807, 2.05) is 43.5 Å². The summed E-state index contributed by atoms with van der Waals surface area (Å²) in [6.07, 6.45) is 6.04. The van der Waals surface area contributed by atoms with E-state index in [0.29, 0.717) is 62.7 Å². The van der Waals surface area contributed by atoms with E-state index >= 15 is 0 Å². The van der Waals surface area contributed by atoms with E-state index in [-0.39, 0.29) is 6.10 Å². The van der Waals surface area contributed by atoms with Crippen molar-refractivity contribution in [2.45, 2.75) is 19.1 Å². The third-order valence-corrected chi connectivity index (χ3v) is 6.72. The molecule has 40 heavy (non-hydrogen) atoms. The number of nitrogens with one attached hydrogen (secondary N) is 2. The second-order valence-corrected chi connectivity index (χ2v) is 9.61. The number of ether oxygens (including phenoxy) is 1. The summed E-state index contributed by atoms with van der Waals surface area (Å²) in [4.78, 5) is 26.5. The van der Waals surface area contributed by atoms with Gasteiger partial charge in [-0.2, -0.15) is 10.1 Å². The molecule has 1 aromatic carbocycles. The predicted octanol–water partition coefficient (Wildman–Crippen LogP) is 1.25. The standard InChI is InChI=1S/C27H35N11O2/c1-20(17-38(28-2)18-23-16-29-8-13-40-23)34-25-32-19-33-27(35-25)37-11-9-36(10-12-37)26-30-14-22(15-31-26)24(39)21-6-4-3-5-7-21/h3-7,14-15,17,19,23-24,29,39H,2,8-13,16,18H2,1H3,(H,32,33,34,35)/b20-17+. The van der Waals surface area contributed by atoms with Crippen LogP contribution in [0.3, 0.4) is 0 Å². The number of aliphatic hydroxyl groups is 1. The average molecular weight is 546 g/mol. The average Bonchev–Trinajstić information content (AvgIpc) is 3.01. The minimum Gasteiger partial charge on any atom is -0.384 e. The van der Waals surface area contributed by atoms with Crippen LogP contribution < -0.4 is 20.4 Å². The number of hydrazone groups is 1. The molecule has 3 N–H and O–H groups in total. The van der Waals surface area contributed by atoms with Crippen molar-refractivity contribution < 1.29 is 9.84 Å². The first-order chi connectivity index (χ1) is 19.6. The molecule has 210 valence electrons. The van der Waals surface area contributed by atoms with Crippen LogP contribution in [0.5, 0.6) is 0 Å². The Bertz CT molecular complexity index is 1260. The number of allylic oxidation sites excluding steroid dienone is 1. The maximum absolute atomic E-state index is 10.6. The fourth-order valence-corrected chi connectivity index (χ4v) is 4.60. The Hall–Kier alpha value is -4.20. The Kier molecular flexibility index (Phi) is 9.06. The summed E-state index contributed by atoms with van der Waals surface area (Å²) in [5.74, 6) is 1.70. The first kappa shape index (κ1) is 27.4. The van der Waals surface area contributed by atoms with Crippen molar-refractivity contribution in [2.75, 3.05) is 67.5 Å². The van der Waals surface area contributed by atoms with Crippen molar-refractivity contribution in [1.82, 2.24) is 35.2 Å². The van der Waals surface area contributed by atoms with Gasteiger partial charge >= 0.3 is 0 Å². The largest absolute Gasteiger partial charge is 0.384 e. The monoisotopic (exact) mass is 545 g/mol. The summed E-state index contributed by atoms with van der Waals surface area (Å²) in [5.41, 5.74) is 2.29. The minimum atomic E-state index is -0.753. The highest BCUT2D eigenvalue weighted by molar-refractivity contribution is 5.42. The lowest BCUT2D eigenvalue weighted by Gasteiger charge is -2.34. The number of aliphatic hydroxyl groups excluding tert-OH is 1. The molecule has 13 heteroatoms. The highest BCUT2D eigenvalue weighted by Gasteiger charge is 2.22. The van der Waals surface area contributed by atoms with Crippen LogP contribution in [0.2, 0.25) is 0 Å². The van der Waals surface area contributed by atoms with E-state index in [0.717, 1.165) is 24.4 Å².